The van der Waals surface area contributed by atoms with Crippen molar-refractivity contribution in [3.8, 4) is 0 Å². The highest BCUT2D eigenvalue weighted by atomic mass is 19.4. The van der Waals surface area contributed by atoms with Gasteiger partial charge in [-0.05, 0) is 30.2 Å². The molecule has 0 unspecified atom stereocenters. The Morgan fingerprint density at radius 3 is 2.50 bits per heavy atom. The predicted octanol–water partition coefficient (Wildman–Crippen LogP) is 3.02. The van der Waals surface area contributed by atoms with Gasteiger partial charge in [-0.15, -0.1) is 0 Å². The van der Waals surface area contributed by atoms with Gasteiger partial charge >= 0.3 is 6.18 Å². The monoisotopic (exact) mass is 475 g/mol. The van der Waals surface area contributed by atoms with E-state index in [2.05, 4.69) is 21.9 Å². The molecule has 2 aliphatic heterocycles. The number of nitrogens with one attached hydrogen (secondary N) is 1. The third-order valence-corrected chi connectivity index (χ3v) is 5.84. The molecule has 1 aromatic carbocycles. The highest BCUT2D eigenvalue weighted by molar-refractivity contribution is 5.95. The molecular formula is C23H24F3N5O3. The maximum atomic E-state index is 12.8. The second-order valence-electron chi connectivity index (χ2n) is 8.16. The normalized spacial score (nSPS) is 20.6. The zero-order valence-electron chi connectivity index (χ0n) is 18.3. The Morgan fingerprint density at radius 2 is 1.91 bits per heavy atom. The molecule has 8 nitrogen and oxygen atoms in total. The average molecular weight is 475 g/mol. The molecule has 3 heterocycles. The molecule has 2 aromatic rings. The molecule has 34 heavy (non-hydrogen) atoms. The van der Waals surface area contributed by atoms with Crippen LogP contribution >= 0.6 is 0 Å². The third kappa shape index (κ3) is 5.36. The van der Waals surface area contributed by atoms with Crippen LogP contribution in [0.15, 0.2) is 49.3 Å². The minimum atomic E-state index is -4.40. The number of likely N-dealkylation sites (tertiary alicyclic amines) is 1. The van der Waals surface area contributed by atoms with Gasteiger partial charge in [-0.1, -0.05) is 18.7 Å². The molecule has 11 heteroatoms. The van der Waals surface area contributed by atoms with Gasteiger partial charge < -0.3 is 19.9 Å². The van der Waals surface area contributed by atoms with Crippen molar-refractivity contribution < 1.29 is 27.5 Å². The molecule has 180 valence electrons. The fraction of sp³-hybridized carbons (Fsp3) is 0.391. The van der Waals surface area contributed by atoms with Crippen molar-refractivity contribution >= 4 is 23.5 Å². The van der Waals surface area contributed by atoms with Crippen LogP contribution in [0.4, 0.5) is 24.8 Å². The Bertz CT molecular complexity index is 1040. The second-order valence-corrected chi connectivity index (χ2v) is 8.16. The van der Waals surface area contributed by atoms with Crippen molar-refractivity contribution in [2.24, 2.45) is 0 Å². The first-order valence-electron chi connectivity index (χ1n) is 10.8. The van der Waals surface area contributed by atoms with Crippen LogP contribution < -0.4 is 10.2 Å². The number of hydrogen-bond acceptors (Lipinski definition) is 6. The number of carbonyl (C=O) groups excluding carboxylic acids is 2. The number of carbonyl (C=O) groups is 2. The van der Waals surface area contributed by atoms with Crippen LogP contribution in [-0.4, -0.2) is 58.5 Å². The number of rotatable bonds is 7. The van der Waals surface area contributed by atoms with E-state index in [0.717, 1.165) is 18.6 Å². The van der Waals surface area contributed by atoms with E-state index in [1.54, 1.807) is 22.2 Å². The van der Waals surface area contributed by atoms with E-state index in [1.807, 2.05) is 0 Å². The lowest BCUT2D eigenvalue weighted by Gasteiger charge is -2.21. The van der Waals surface area contributed by atoms with E-state index in [0.29, 0.717) is 36.7 Å². The van der Waals surface area contributed by atoms with E-state index in [9.17, 15) is 22.8 Å². The van der Waals surface area contributed by atoms with Gasteiger partial charge in [-0.25, -0.2) is 9.97 Å². The number of hydrogen-bond donors (Lipinski definition) is 1. The molecular weight excluding hydrogens is 451 g/mol. The first-order valence-corrected chi connectivity index (χ1v) is 10.8. The molecule has 0 bridgehead atoms. The fourth-order valence-electron chi connectivity index (χ4n) is 4.01. The van der Waals surface area contributed by atoms with E-state index >= 15 is 0 Å². The van der Waals surface area contributed by atoms with Gasteiger partial charge in [0.25, 0.3) is 0 Å². The molecule has 0 aliphatic carbocycles. The van der Waals surface area contributed by atoms with E-state index in [4.69, 9.17) is 4.74 Å². The molecule has 1 N–H and O–H groups in total. The summed E-state index contributed by atoms with van der Waals surface area (Å²) in [5.74, 6) is 0.100. The van der Waals surface area contributed by atoms with Crippen molar-refractivity contribution in [3.05, 3.63) is 60.4 Å². The topological polar surface area (TPSA) is 87.7 Å². The SMILES string of the molecule is C=CC(=O)N1C[C@@H](Nc2ncc(N3CCCC3=O)cn2)[C@H](OCc2ccc(C(F)(F)F)cc2)C1. The Hall–Kier alpha value is -3.47. The lowest BCUT2D eigenvalue weighted by molar-refractivity contribution is -0.137. The third-order valence-electron chi connectivity index (χ3n) is 5.84. The maximum Gasteiger partial charge on any atom is 0.416 e. The molecule has 2 saturated heterocycles. The summed E-state index contributed by atoms with van der Waals surface area (Å²) in [5.41, 5.74) is 0.477. The van der Waals surface area contributed by atoms with Crippen molar-refractivity contribution in [1.29, 1.82) is 0 Å². The average Bonchev–Trinajstić information content (AvgIpc) is 3.43. The number of amides is 2. The quantitative estimate of drug-likeness (QED) is 0.620. The van der Waals surface area contributed by atoms with E-state index < -0.39 is 17.8 Å². The number of nitrogens with zero attached hydrogens (tertiary/aromatic N) is 4. The predicted molar refractivity (Wildman–Crippen MR) is 118 cm³/mol. The number of ether oxygens (including phenoxy) is 1. The van der Waals surface area contributed by atoms with Crippen molar-refractivity contribution in [2.75, 3.05) is 29.9 Å². The zero-order valence-corrected chi connectivity index (χ0v) is 18.3. The molecule has 2 aliphatic rings. The van der Waals surface area contributed by atoms with Gasteiger partial charge in [-0.3, -0.25) is 9.59 Å². The highest BCUT2D eigenvalue weighted by Crippen LogP contribution is 2.29. The van der Waals surface area contributed by atoms with E-state index in [1.165, 1.54) is 18.2 Å². The smallest absolute Gasteiger partial charge is 0.369 e. The van der Waals surface area contributed by atoms with Crippen LogP contribution in [0.2, 0.25) is 0 Å². The zero-order chi connectivity index (χ0) is 24.3. The summed E-state index contributed by atoms with van der Waals surface area (Å²) in [7, 11) is 0. The molecule has 0 saturated carbocycles. The Labute approximate surface area is 194 Å². The van der Waals surface area contributed by atoms with Gasteiger partial charge in [0.15, 0.2) is 0 Å². The number of benzene rings is 1. The highest BCUT2D eigenvalue weighted by Gasteiger charge is 2.36. The summed E-state index contributed by atoms with van der Waals surface area (Å²) in [6.45, 7) is 4.82. The Balaban J connectivity index is 1.42. The summed E-state index contributed by atoms with van der Waals surface area (Å²) in [5, 5.41) is 3.17. The number of anilines is 2. The molecule has 1 aromatic heterocycles. The van der Waals surface area contributed by atoms with Crippen LogP contribution in [0.1, 0.15) is 24.0 Å². The largest absolute Gasteiger partial charge is 0.416 e. The summed E-state index contributed by atoms with van der Waals surface area (Å²) < 4.78 is 44.3. The number of aromatic nitrogens is 2. The minimum absolute atomic E-state index is 0.0374. The van der Waals surface area contributed by atoms with Gasteiger partial charge in [0, 0.05) is 26.1 Å². The molecule has 4 rings (SSSR count). The molecule has 2 fully saturated rings. The van der Waals surface area contributed by atoms with Crippen molar-refractivity contribution in [2.45, 2.75) is 37.8 Å². The maximum absolute atomic E-state index is 12.8. The lowest BCUT2D eigenvalue weighted by Crippen LogP contribution is -2.35. The van der Waals surface area contributed by atoms with Gasteiger partial charge in [0.1, 0.15) is 0 Å². The van der Waals surface area contributed by atoms with Crippen LogP contribution in [-0.2, 0) is 27.1 Å². The van der Waals surface area contributed by atoms with Crippen LogP contribution in [0, 0.1) is 0 Å². The molecule has 0 radical (unpaired) electrons. The lowest BCUT2D eigenvalue weighted by atomic mass is 10.1. The first-order chi connectivity index (χ1) is 16.2. The van der Waals surface area contributed by atoms with Crippen molar-refractivity contribution in [3.63, 3.8) is 0 Å². The Morgan fingerprint density at radius 1 is 1.21 bits per heavy atom. The second kappa shape index (κ2) is 9.80. The van der Waals surface area contributed by atoms with Crippen LogP contribution in [0.25, 0.3) is 0 Å². The van der Waals surface area contributed by atoms with Crippen molar-refractivity contribution in [1.82, 2.24) is 14.9 Å². The number of halogens is 3. The molecule has 0 spiro atoms. The van der Waals surface area contributed by atoms with Gasteiger partial charge in [-0.2, -0.15) is 13.2 Å². The minimum Gasteiger partial charge on any atom is -0.369 e. The summed E-state index contributed by atoms with van der Waals surface area (Å²) in [6.07, 6.45) is 0.807. The fourth-order valence-corrected chi connectivity index (χ4v) is 4.01. The van der Waals surface area contributed by atoms with Gasteiger partial charge in [0.2, 0.25) is 17.8 Å². The van der Waals surface area contributed by atoms with Crippen LogP contribution in [0.3, 0.4) is 0 Å². The number of alkyl halides is 3. The first kappa shape index (κ1) is 23.7. The summed E-state index contributed by atoms with van der Waals surface area (Å²) in [4.78, 5) is 35.8. The van der Waals surface area contributed by atoms with Crippen LogP contribution in [0.5, 0.6) is 0 Å². The summed E-state index contributed by atoms with van der Waals surface area (Å²) >= 11 is 0. The standard InChI is InChI=1S/C23H24F3N5O3/c1-2-20(32)30-12-18(29-22-27-10-17(11-28-22)31-9-3-4-21(31)33)19(13-30)34-14-15-5-7-16(8-6-15)23(24,25)26/h2,5-8,10-11,18-19H,1,3-4,9,12-14H2,(H,27,28,29)/t18-,19-/m1/s1. The molecule has 2 atom stereocenters. The Kier molecular flexibility index (Phi) is 6.82. The van der Waals surface area contributed by atoms with E-state index in [-0.39, 0.29) is 31.0 Å². The summed E-state index contributed by atoms with van der Waals surface area (Å²) in [6, 6.07) is 4.41. The molecule has 2 amide bonds. The van der Waals surface area contributed by atoms with Gasteiger partial charge in [0.05, 0.1) is 42.4 Å².